The van der Waals surface area contributed by atoms with E-state index in [1.807, 2.05) is 6.92 Å². The van der Waals surface area contributed by atoms with E-state index < -0.39 is 11.6 Å². The fourth-order valence-corrected chi connectivity index (χ4v) is 2.15. The average Bonchev–Trinajstić information content (AvgIpc) is 2.85. The highest BCUT2D eigenvalue weighted by Crippen LogP contribution is 2.24. The Kier molecular flexibility index (Phi) is 4.33. The van der Waals surface area contributed by atoms with Gasteiger partial charge in [0.05, 0.1) is 29.7 Å². The minimum Gasteiger partial charge on any atom is -0.305 e. The summed E-state index contributed by atoms with van der Waals surface area (Å²) in [5, 5.41) is 3.19. The molecule has 0 radical (unpaired) electrons. The molecule has 1 heterocycles. The first-order valence-electron chi connectivity index (χ1n) is 5.68. The van der Waals surface area contributed by atoms with Gasteiger partial charge in [-0.05, 0) is 19.0 Å². The summed E-state index contributed by atoms with van der Waals surface area (Å²) < 4.78 is 34.7. The van der Waals surface area contributed by atoms with Gasteiger partial charge < -0.3 is 5.32 Å². The van der Waals surface area contributed by atoms with Gasteiger partial charge in [-0.2, -0.15) is 8.75 Å². The lowest BCUT2D eigenvalue weighted by Gasteiger charge is -2.17. The number of benzene rings is 1. The number of aromatic nitrogens is 2. The fraction of sp³-hybridized carbons (Fsp3) is 0.333. The Bertz CT molecular complexity index is 502. The van der Waals surface area contributed by atoms with Gasteiger partial charge in [0.15, 0.2) is 0 Å². The molecule has 0 bridgehead atoms. The minimum atomic E-state index is -0.582. The minimum absolute atomic E-state index is 0.385. The van der Waals surface area contributed by atoms with Crippen LogP contribution in [0.3, 0.4) is 0 Å². The monoisotopic (exact) mass is 269 g/mol. The molecule has 0 aliphatic heterocycles. The number of halogens is 2. The Balaban J connectivity index is 2.33. The molecule has 0 aliphatic rings. The molecule has 0 fully saturated rings. The second kappa shape index (κ2) is 5.97. The van der Waals surface area contributed by atoms with Gasteiger partial charge in [-0.25, -0.2) is 8.78 Å². The van der Waals surface area contributed by atoms with Gasteiger partial charge in [0.2, 0.25) is 0 Å². The normalized spacial score (nSPS) is 12.6. The molecule has 18 heavy (non-hydrogen) atoms. The molecule has 0 spiro atoms. The molecule has 96 valence electrons. The highest BCUT2D eigenvalue weighted by atomic mass is 32.1. The van der Waals surface area contributed by atoms with Crippen LogP contribution in [0.2, 0.25) is 0 Å². The van der Waals surface area contributed by atoms with Crippen LogP contribution >= 0.6 is 11.7 Å². The molecule has 2 rings (SSSR count). The largest absolute Gasteiger partial charge is 0.305 e. The Morgan fingerprint density at radius 2 is 2.22 bits per heavy atom. The van der Waals surface area contributed by atoms with Crippen LogP contribution in [-0.2, 0) is 0 Å². The lowest BCUT2D eigenvalue weighted by molar-refractivity contribution is 0.528. The molecule has 3 nitrogen and oxygen atoms in total. The van der Waals surface area contributed by atoms with Crippen molar-refractivity contribution in [2.75, 3.05) is 6.54 Å². The molecule has 1 N–H and O–H groups in total. The summed E-state index contributed by atoms with van der Waals surface area (Å²) in [5.41, 5.74) is 1.04. The van der Waals surface area contributed by atoms with E-state index in [-0.39, 0.29) is 6.04 Å². The van der Waals surface area contributed by atoms with Gasteiger partial charge in [0.25, 0.3) is 0 Å². The molecule has 1 aromatic carbocycles. The lowest BCUT2D eigenvalue weighted by Crippen LogP contribution is -2.24. The van der Waals surface area contributed by atoms with Crippen molar-refractivity contribution in [3.63, 3.8) is 0 Å². The van der Waals surface area contributed by atoms with Crippen molar-refractivity contribution in [2.24, 2.45) is 0 Å². The molecule has 1 atom stereocenters. The number of nitrogens with one attached hydrogen (secondary N) is 1. The van der Waals surface area contributed by atoms with Crippen molar-refractivity contribution < 1.29 is 8.78 Å². The molecule has 0 aliphatic carbocycles. The molecule has 0 saturated heterocycles. The molecule has 2 aromatic rings. The first kappa shape index (κ1) is 13.0. The molecular formula is C12H13F2N3S. The Morgan fingerprint density at radius 1 is 1.39 bits per heavy atom. The summed E-state index contributed by atoms with van der Waals surface area (Å²) in [4.78, 5) is 0. The van der Waals surface area contributed by atoms with Crippen LogP contribution in [0.4, 0.5) is 8.78 Å². The topological polar surface area (TPSA) is 37.8 Å². The van der Waals surface area contributed by atoms with E-state index in [9.17, 15) is 8.78 Å². The highest BCUT2D eigenvalue weighted by Gasteiger charge is 2.19. The summed E-state index contributed by atoms with van der Waals surface area (Å²) >= 11 is 1.07. The van der Waals surface area contributed by atoms with Crippen molar-refractivity contribution in [3.8, 4) is 0 Å². The van der Waals surface area contributed by atoms with E-state index in [1.54, 1.807) is 6.20 Å². The SMILES string of the molecule is CCCNC(c1cnsn1)c1ccc(F)cc1F. The quantitative estimate of drug-likeness (QED) is 0.907. The number of hydrogen-bond donors (Lipinski definition) is 1. The maximum absolute atomic E-state index is 13.8. The second-order valence-electron chi connectivity index (χ2n) is 3.89. The summed E-state index contributed by atoms with van der Waals surface area (Å²) in [6.07, 6.45) is 2.51. The zero-order valence-electron chi connectivity index (χ0n) is 9.86. The molecule has 0 amide bonds. The summed E-state index contributed by atoms with van der Waals surface area (Å²) in [7, 11) is 0. The summed E-state index contributed by atoms with van der Waals surface area (Å²) in [6.45, 7) is 2.74. The van der Waals surface area contributed by atoms with Crippen molar-refractivity contribution in [2.45, 2.75) is 19.4 Å². The van der Waals surface area contributed by atoms with E-state index in [1.165, 1.54) is 12.1 Å². The second-order valence-corrected chi connectivity index (χ2v) is 4.44. The Labute approximate surface area is 108 Å². The molecule has 1 aromatic heterocycles. The number of nitrogens with zero attached hydrogens (tertiary/aromatic N) is 2. The predicted octanol–water partition coefficient (Wildman–Crippen LogP) is 2.91. The lowest BCUT2D eigenvalue weighted by atomic mass is 10.0. The van der Waals surface area contributed by atoms with Gasteiger partial charge in [-0.1, -0.05) is 13.0 Å². The van der Waals surface area contributed by atoms with Crippen LogP contribution in [-0.4, -0.2) is 15.3 Å². The van der Waals surface area contributed by atoms with Crippen LogP contribution < -0.4 is 5.32 Å². The Hall–Kier alpha value is -1.40. The molecule has 0 saturated carbocycles. The molecule has 1 unspecified atom stereocenters. The third-order valence-corrected chi connectivity index (χ3v) is 3.04. The van der Waals surface area contributed by atoms with Gasteiger partial charge in [0, 0.05) is 11.6 Å². The van der Waals surface area contributed by atoms with Crippen LogP contribution in [0, 0.1) is 11.6 Å². The van der Waals surface area contributed by atoms with Crippen molar-refractivity contribution in [3.05, 3.63) is 47.3 Å². The van der Waals surface area contributed by atoms with Crippen molar-refractivity contribution in [1.82, 2.24) is 14.1 Å². The Morgan fingerprint density at radius 3 is 2.83 bits per heavy atom. The van der Waals surface area contributed by atoms with E-state index in [0.29, 0.717) is 11.3 Å². The van der Waals surface area contributed by atoms with Crippen molar-refractivity contribution >= 4 is 11.7 Å². The van der Waals surface area contributed by atoms with Gasteiger partial charge in [0.1, 0.15) is 11.6 Å². The van der Waals surface area contributed by atoms with Crippen LogP contribution in [0.15, 0.2) is 24.4 Å². The zero-order valence-corrected chi connectivity index (χ0v) is 10.7. The van der Waals surface area contributed by atoms with Gasteiger partial charge in [-0.15, -0.1) is 0 Å². The smallest absolute Gasteiger partial charge is 0.131 e. The maximum Gasteiger partial charge on any atom is 0.131 e. The van der Waals surface area contributed by atoms with Gasteiger partial charge >= 0.3 is 0 Å². The number of rotatable bonds is 5. The zero-order chi connectivity index (χ0) is 13.0. The van der Waals surface area contributed by atoms with E-state index in [4.69, 9.17) is 0 Å². The summed E-state index contributed by atoms with van der Waals surface area (Å²) in [5.74, 6) is -1.15. The predicted molar refractivity (Wildman–Crippen MR) is 66.4 cm³/mol. The maximum atomic E-state index is 13.8. The molecular weight excluding hydrogens is 256 g/mol. The third kappa shape index (κ3) is 2.88. The van der Waals surface area contributed by atoms with E-state index >= 15 is 0 Å². The highest BCUT2D eigenvalue weighted by molar-refractivity contribution is 6.99. The number of hydrogen-bond acceptors (Lipinski definition) is 4. The van der Waals surface area contributed by atoms with Crippen LogP contribution in [0.25, 0.3) is 0 Å². The van der Waals surface area contributed by atoms with Crippen LogP contribution in [0.1, 0.15) is 30.6 Å². The van der Waals surface area contributed by atoms with E-state index in [0.717, 1.165) is 30.8 Å². The standard InChI is InChI=1S/C12H13F2N3S/c1-2-5-15-12(11-7-16-18-17-11)9-4-3-8(13)6-10(9)14/h3-4,6-7,12,15H,2,5H2,1H3. The molecule has 6 heteroatoms. The first-order chi connectivity index (χ1) is 8.72. The van der Waals surface area contributed by atoms with Crippen molar-refractivity contribution in [1.29, 1.82) is 0 Å². The third-order valence-electron chi connectivity index (χ3n) is 2.55. The fourth-order valence-electron chi connectivity index (χ4n) is 1.70. The first-order valence-corrected chi connectivity index (χ1v) is 6.41. The average molecular weight is 269 g/mol. The summed E-state index contributed by atoms with van der Waals surface area (Å²) in [6, 6.07) is 3.19. The van der Waals surface area contributed by atoms with Crippen LogP contribution in [0.5, 0.6) is 0 Å². The van der Waals surface area contributed by atoms with Gasteiger partial charge in [-0.3, -0.25) is 0 Å². The van der Waals surface area contributed by atoms with E-state index in [2.05, 4.69) is 14.1 Å².